The standard InChI is InChI=1S/C22H26N4O7S.C2H6/c1-13(2)18(26-22(32)33-12-14-6-4-3-5-7-14)20(31)24-11-16(27)25-15(10-17(28)29)19(30)21-23-8-9-34-21;1-2/h3-9,13,15,18H,10-12H2,1-2H3,(H,24,31)(H,25,27)(H,26,32)(H,28,29);1-2H3. The van der Waals surface area contributed by atoms with Gasteiger partial charge in [-0.05, 0) is 11.5 Å². The van der Waals surface area contributed by atoms with Crippen molar-refractivity contribution in [3.8, 4) is 0 Å². The summed E-state index contributed by atoms with van der Waals surface area (Å²) in [6.45, 7) is 6.92. The van der Waals surface area contributed by atoms with E-state index in [0.29, 0.717) is 0 Å². The van der Waals surface area contributed by atoms with Crippen LogP contribution in [-0.4, -0.2) is 58.4 Å². The molecule has 2 unspecified atom stereocenters. The molecule has 1 aromatic heterocycles. The van der Waals surface area contributed by atoms with Crippen LogP contribution in [0.4, 0.5) is 4.79 Å². The van der Waals surface area contributed by atoms with Crippen molar-refractivity contribution in [3.63, 3.8) is 0 Å². The number of Topliss-reactive ketones (excluding diaryl/α,β-unsaturated/α-hetero) is 1. The van der Waals surface area contributed by atoms with Crippen molar-refractivity contribution in [1.29, 1.82) is 0 Å². The van der Waals surface area contributed by atoms with Crippen molar-refractivity contribution in [2.45, 2.75) is 52.8 Å². The molecule has 1 aromatic carbocycles. The SMILES string of the molecule is CC.CC(C)C(NC(=O)OCc1ccccc1)C(=O)NCC(=O)NC(CC(=O)O)C(=O)c1nccs1. The lowest BCUT2D eigenvalue weighted by atomic mass is 10.0. The third-order valence-electron chi connectivity index (χ3n) is 4.53. The molecule has 0 saturated heterocycles. The zero-order valence-electron chi connectivity index (χ0n) is 20.6. The number of hydrogen-bond donors (Lipinski definition) is 4. The molecule has 0 fully saturated rings. The number of rotatable bonds is 12. The predicted molar refractivity (Wildman–Crippen MR) is 133 cm³/mol. The topological polar surface area (TPSA) is 164 Å². The van der Waals surface area contributed by atoms with E-state index in [0.717, 1.165) is 16.9 Å². The van der Waals surface area contributed by atoms with E-state index in [1.54, 1.807) is 43.5 Å². The van der Waals surface area contributed by atoms with E-state index in [9.17, 15) is 24.0 Å². The van der Waals surface area contributed by atoms with E-state index in [2.05, 4.69) is 20.9 Å². The molecule has 1 heterocycles. The van der Waals surface area contributed by atoms with E-state index in [4.69, 9.17) is 9.84 Å². The Bertz CT molecular complexity index is 997. The summed E-state index contributed by atoms with van der Waals surface area (Å²) in [5.41, 5.74) is 0.781. The van der Waals surface area contributed by atoms with Crippen LogP contribution >= 0.6 is 11.3 Å². The minimum atomic E-state index is -1.33. The Hall–Kier alpha value is -3.80. The van der Waals surface area contributed by atoms with E-state index in [1.807, 2.05) is 19.9 Å². The molecule has 2 aromatic rings. The molecule has 0 aliphatic rings. The number of amides is 3. The number of aliphatic carboxylic acids is 1. The number of carbonyl (C=O) groups is 5. The minimum absolute atomic E-state index is 0.0274. The fourth-order valence-electron chi connectivity index (χ4n) is 2.83. The maximum Gasteiger partial charge on any atom is 0.408 e. The van der Waals surface area contributed by atoms with Gasteiger partial charge in [0.2, 0.25) is 17.6 Å². The Balaban J connectivity index is 0.00000316. The predicted octanol–water partition coefficient (Wildman–Crippen LogP) is 2.38. The molecule has 2 rings (SSSR count). The average Bonchev–Trinajstić information content (AvgIpc) is 3.40. The van der Waals surface area contributed by atoms with Gasteiger partial charge in [0.1, 0.15) is 18.7 Å². The van der Waals surface area contributed by atoms with Gasteiger partial charge in [0.15, 0.2) is 5.01 Å². The second kappa shape index (κ2) is 16.0. The summed E-state index contributed by atoms with van der Waals surface area (Å²) in [5, 5.41) is 17.8. The molecule has 2 atom stereocenters. The van der Waals surface area contributed by atoms with E-state index in [-0.39, 0.29) is 17.5 Å². The zero-order valence-corrected chi connectivity index (χ0v) is 21.5. The maximum atomic E-state index is 12.6. The van der Waals surface area contributed by atoms with Gasteiger partial charge in [-0.2, -0.15) is 0 Å². The summed E-state index contributed by atoms with van der Waals surface area (Å²) < 4.78 is 5.13. The monoisotopic (exact) mass is 520 g/mol. The molecule has 0 radical (unpaired) electrons. The van der Waals surface area contributed by atoms with Crippen molar-refractivity contribution in [1.82, 2.24) is 20.9 Å². The van der Waals surface area contributed by atoms with Crippen LogP contribution in [0.15, 0.2) is 41.9 Å². The van der Waals surface area contributed by atoms with Crippen LogP contribution in [0.3, 0.4) is 0 Å². The number of carbonyl (C=O) groups excluding carboxylic acids is 4. The van der Waals surface area contributed by atoms with E-state index >= 15 is 0 Å². The largest absolute Gasteiger partial charge is 0.481 e. The third kappa shape index (κ3) is 10.6. The molecule has 36 heavy (non-hydrogen) atoms. The lowest BCUT2D eigenvalue weighted by Crippen LogP contribution is -2.52. The normalized spacial score (nSPS) is 11.8. The van der Waals surface area contributed by atoms with Crippen LogP contribution in [0, 0.1) is 5.92 Å². The summed E-state index contributed by atoms with van der Waals surface area (Å²) in [5.74, 6) is -3.64. The highest BCUT2D eigenvalue weighted by Crippen LogP contribution is 2.10. The van der Waals surface area contributed by atoms with Crippen LogP contribution in [0.2, 0.25) is 0 Å². The highest BCUT2D eigenvalue weighted by molar-refractivity contribution is 7.11. The van der Waals surface area contributed by atoms with Crippen molar-refractivity contribution in [2.75, 3.05) is 6.54 Å². The highest BCUT2D eigenvalue weighted by Gasteiger charge is 2.28. The van der Waals surface area contributed by atoms with E-state index in [1.165, 1.54) is 6.20 Å². The van der Waals surface area contributed by atoms with Gasteiger partial charge < -0.3 is 25.8 Å². The lowest BCUT2D eigenvalue weighted by molar-refractivity contribution is -0.137. The first-order valence-corrected chi connectivity index (χ1v) is 12.2. The smallest absolute Gasteiger partial charge is 0.408 e. The summed E-state index contributed by atoms with van der Waals surface area (Å²) in [6, 6.07) is 6.69. The number of aromatic nitrogens is 1. The Labute approximate surface area is 213 Å². The Kier molecular flexibility index (Phi) is 13.4. The fourth-order valence-corrected chi connectivity index (χ4v) is 3.46. The number of nitrogens with zero attached hydrogens (tertiary/aromatic N) is 1. The fraction of sp³-hybridized carbons (Fsp3) is 0.417. The van der Waals surface area contributed by atoms with Crippen LogP contribution in [0.1, 0.15) is 49.5 Å². The molecule has 0 aliphatic carbocycles. The van der Waals surface area contributed by atoms with Crippen LogP contribution in [-0.2, 0) is 25.7 Å². The summed E-state index contributed by atoms with van der Waals surface area (Å²) in [7, 11) is 0. The maximum absolute atomic E-state index is 12.6. The van der Waals surface area contributed by atoms with Gasteiger partial charge in [0, 0.05) is 11.6 Å². The second-order valence-electron chi connectivity index (χ2n) is 7.57. The van der Waals surface area contributed by atoms with Crippen molar-refractivity contribution in [2.24, 2.45) is 5.92 Å². The van der Waals surface area contributed by atoms with Crippen molar-refractivity contribution < 1.29 is 33.8 Å². The van der Waals surface area contributed by atoms with E-state index < -0.39 is 54.7 Å². The quantitative estimate of drug-likeness (QED) is 0.310. The molecule has 0 aliphatic heterocycles. The number of benzene rings is 1. The first kappa shape index (κ1) is 30.2. The number of ketones is 1. The molecule has 12 heteroatoms. The lowest BCUT2D eigenvalue weighted by Gasteiger charge is -2.21. The first-order chi connectivity index (χ1) is 17.2. The third-order valence-corrected chi connectivity index (χ3v) is 5.32. The van der Waals surface area contributed by atoms with Gasteiger partial charge in [0.25, 0.3) is 0 Å². The summed E-state index contributed by atoms with van der Waals surface area (Å²) in [4.78, 5) is 64.3. The van der Waals surface area contributed by atoms with Gasteiger partial charge in [-0.1, -0.05) is 58.0 Å². The Morgan fingerprint density at radius 2 is 1.72 bits per heavy atom. The molecular formula is C24H32N4O7S. The summed E-state index contributed by atoms with van der Waals surface area (Å²) >= 11 is 1.02. The molecule has 3 amide bonds. The van der Waals surface area contributed by atoms with Gasteiger partial charge in [-0.3, -0.25) is 19.2 Å². The number of carboxylic acids is 1. The van der Waals surface area contributed by atoms with Gasteiger partial charge in [-0.25, -0.2) is 9.78 Å². The molecule has 0 saturated carbocycles. The van der Waals surface area contributed by atoms with Gasteiger partial charge >= 0.3 is 12.1 Å². The van der Waals surface area contributed by atoms with Crippen LogP contribution in [0.25, 0.3) is 0 Å². The van der Waals surface area contributed by atoms with Crippen LogP contribution in [0.5, 0.6) is 0 Å². The molecule has 11 nitrogen and oxygen atoms in total. The summed E-state index contributed by atoms with van der Waals surface area (Å²) in [6.07, 6.45) is -0.0406. The van der Waals surface area contributed by atoms with Gasteiger partial charge in [0.05, 0.1) is 13.0 Å². The second-order valence-corrected chi connectivity index (χ2v) is 8.46. The first-order valence-electron chi connectivity index (χ1n) is 11.4. The molecule has 4 N–H and O–H groups in total. The molecule has 196 valence electrons. The minimum Gasteiger partial charge on any atom is -0.481 e. The number of alkyl carbamates (subject to hydrolysis) is 1. The Morgan fingerprint density at radius 3 is 2.28 bits per heavy atom. The number of nitrogens with one attached hydrogen (secondary N) is 3. The molecule has 0 spiro atoms. The van der Waals surface area contributed by atoms with Crippen molar-refractivity contribution >= 4 is 41.0 Å². The van der Waals surface area contributed by atoms with Gasteiger partial charge in [-0.15, -0.1) is 11.3 Å². The van der Waals surface area contributed by atoms with Crippen molar-refractivity contribution in [3.05, 3.63) is 52.5 Å². The number of ether oxygens (including phenoxy) is 1. The molecular weight excluding hydrogens is 488 g/mol. The number of thiazole rings is 1. The Morgan fingerprint density at radius 1 is 1.06 bits per heavy atom. The number of carboxylic acid groups (broad SMARTS) is 1. The van der Waals surface area contributed by atoms with Crippen LogP contribution < -0.4 is 16.0 Å². The highest BCUT2D eigenvalue weighted by atomic mass is 32.1. The average molecular weight is 521 g/mol. The molecule has 0 bridgehead atoms. The number of hydrogen-bond acceptors (Lipinski definition) is 8. The zero-order chi connectivity index (χ0) is 27.1.